The van der Waals surface area contributed by atoms with Gasteiger partial charge in [-0.2, -0.15) is 0 Å². The van der Waals surface area contributed by atoms with Crippen LogP contribution in [-0.2, 0) is 11.2 Å². The van der Waals surface area contributed by atoms with E-state index in [2.05, 4.69) is 17.4 Å². The van der Waals surface area contributed by atoms with Gasteiger partial charge in [0.2, 0.25) is 5.91 Å². The number of methoxy groups -OCH3 is 1. The average molecular weight is 353 g/mol. The smallest absolute Gasteiger partial charge is 0.236 e. The van der Waals surface area contributed by atoms with Crippen LogP contribution in [0.4, 0.5) is 0 Å². The molecular weight excluding hydrogens is 324 g/mol. The number of carbonyl (C=O) groups excluding carboxylic acids is 1. The van der Waals surface area contributed by atoms with Crippen LogP contribution in [-0.4, -0.2) is 44.1 Å². The molecule has 0 bridgehead atoms. The van der Waals surface area contributed by atoms with E-state index < -0.39 is 0 Å². The van der Waals surface area contributed by atoms with Crippen LogP contribution in [0, 0.1) is 11.8 Å². The zero-order chi connectivity index (χ0) is 16.1. The molecule has 2 aliphatic rings. The third-order valence-electron chi connectivity index (χ3n) is 5.07. The first-order chi connectivity index (χ1) is 11.3. The highest BCUT2D eigenvalue weighted by Crippen LogP contribution is 2.28. The third kappa shape index (κ3) is 5.38. The van der Waals surface area contributed by atoms with Crippen LogP contribution in [0.15, 0.2) is 24.3 Å². The molecule has 2 fully saturated rings. The Balaban J connectivity index is 0.00000208. The topological polar surface area (TPSA) is 41.6 Å². The number of para-hydroxylation sites is 1. The normalized spacial score (nSPS) is 18.1. The molecule has 4 nitrogen and oxygen atoms in total. The molecule has 1 aromatic rings. The van der Waals surface area contributed by atoms with Crippen LogP contribution in [0.2, 0.25) is 0 Å². The summed E-state index contributed by atoms with van der Waals surface area (Å²) in [6.45, 7) is 3.30. The Labute approximate surface area is 151 Å². The lowest BCUT2D eigenvalue weighted by molar-refractivity contribution is -0.131. The molecule has 134 valence electrons. The molecule has 5 heteroatoms. The minimum atomic E-state index is 0. The lowest BCUT2D eigenvalue weighted by atomic mass is 9.90. The summed E-state index contributed by atoms with van der Waals surface area (Å²) >= 11 is 0. The van der Waals surface area contributed by atoms with Crippen LogP contribution in [0.25, 0.3) is 0 Å². The highest BCUT2D eigenvalue weighted by molar-refractivity contribution is 5.85. The number of halogens is 1. The molecule has 24 heavy (non-hydrogen) atoms. The van der Waals surface area contributed by atoms with Gasteiger partial charge in [-0.1, -0.05) is 18.2 Å². The molecule has 1 aliphatic carbocycles. The number of rotatable bonds is 7. The molecule has 1 saturated carbocycles. The minimum Gasteiger partial charge on any atom is -0.496 e. The lowest BCUT2D eigenvalue weighted by Gasteiger charge is -2.32. The van der Waals surface area contributed by atoms with E-state index in [1.807, 2.05) is 17.0 Å². The first kappa shape index (κ1) is 19.1. The van der Waals surface area contributed by atoms with Crippen molar-refractivity contribution in [1.29, 1.82) is 0 Å². The molecule has 0 unspecified atom stereocenters. The number of hydrogen-bond acceptors (Lipinski definition) is 3. The molecule has 1 N–H and O–H groups in total. The fourth-order valence-electron chi connectivity index (χ4n) is 3.39. The van der Waals surface area contributed by atoms with Gasteiger partial charge in [-0.3, -0.25) is 4.79 Å². The lowest BCUT2D eigenvalue weighted by Crippen LogP contribution is -2.43. The fraction of sp³-hybridized carbons (Fsp3) is 0.632. The Morgan fingerprint density at radius 2 is 1.88 bits per heavy atom. The maximum atomic E-state index is 12.2. The van der Waals surface area contributed by atoms with Crippen LogP contribution in [0.3, 0.4) is 0 Å². The number of nitrogens with one attached hydrogen (secondary N) is 1. The van der Waals surface area contributed by atoms with Gasteiger partial charge in [0.05, 0.1) is 13.7 Å². The highest BCUT2D eigenvalue weighted by atomic mass is 35.5. The van der Waals surface area contributed by atoms with Gasteiger partial charge in [-0.25, -0.2) is 0 Å². The molecule has 1 amide bonds. The Hall–Kier alpha value is -1.26. The van der Waals surface area contributed by atoms with Crippen molar-refractivity contribution in [3.63, 3.8) is 0 Å². The number of ether oxygens (including phenoxy) is 1. The van der Waals surface area contributed by atoms with Gasteiger partial charge in [0.1, 0.15) is 5.75 Å². The summed E-state index contributed by atoms with van der Waals surface area (Å²) < 4.78 is 5.44. The summed E-state index contributed by atoms with van der Waals surface area (Å²) in [5, 5.41) is 3.30. The number of carbonyl (C=O) groups is 1. The third-order valence-corrected chi connectivity index (χ3v) is 5.07. The number of amides is 1. The number of piperidine rings is 1. The van der Waals surface area contributed by atoms with Crippen molar-refractivity contribution >= 4 is 18.3 Å². The Morgan fingerprint density at radius 3 is 2.54 bits per heavy atom. The first-order valence-electron chi connectivity index (χ1n) is 8.86. The quantitative estimate of drug-likeness (QED) is 0.820. The van der Waals surface area contributed by atoms with Crippen LogP contribution >= 0.6 is 12.4 Å². The van der Waals surface area contributed by atoms with E-state index in [4.69, 9.17) is 4.74 Å². The van der Waals surface area contributed by atoms with E-state index in [9.17, 15) is 4.79 Å². The van der Waals surface area contributed by atoms with Crippen molar-refractivity contribution in [3.05, 3.63) is 29.8 Å². The van der Waals surface area contributed by atoms with Gasteiger partial charge < -0.3 is 15.0 Å². The van der Waals surface area contributed by atoms with E-state index >= 15 is 0 Å². The number of benzene rings is 1. The SMILES string of the molecule is COc1ccccc1CC1CCN(C(=O)CNCC2CC2)CC1.Cl. The minimum absolute atomic E-state index is 0. The predicted molar refractivity (Wildman–Crippen MR) is 98.8 cm³/mol. The van der Waals surface area contributed by atoms with Crippen LogP contribution in [0.1, 0.15) is 31.2 Å². The summed E-state index contributed by atoms with van der Waals surface area (Å²) in [6.07, 6.45) is 5.88. The summed E-state index contributed by atoms with van der Waals surface area (Å²) in [7, 11) is 1.73. The Morgan fingerprint density at radius 1 is 1.17 bits per heavy atom. The van der Waals surface area contributed by atoms with Gasteiger partial charge in [-0.15, -0.1) is 12.4 Å². The largest absolute Gasteiger partial charge is 0.496 e. The second kappa shape index (κ2) is 9.28. The molecular formula is C19H29ClN2O2. The van der Waals surface area contributed by atoms with E-state index in [0.29, 0.717) is 12.5 Å². The monoisotopic (exact) mass is 352 g/mol. The van der Waals surface area contributed by atoms with Crippen LogP contribution in [0.5, 0.6) is 5.75 Å². The Bertz CT molecular complexity index is 526. The van der Waals surface area contributed by atoms with Crippen molar-refractivity contribution in [2.45, 2.75) is 32.1 Å². The van der Waals surface area contributed by atoms with E-state index in [0.717, 1.165) is 50.6 Å². The van der Waals surface area contributed by atoms with Gasteiger partial charge in [0.15, 0.2) is 0 Å². The second-order valence-electron chi connectivity index (χ2n) is 6.91. The van der Waals surface area contributed by atoms with Crippen LogP contribution < -0.4 is 10.1 Å². The Kier molecular flexibility index (Phi) is 7.38. The van der Waals surface area contributed by atoms with E-state index in [1.165, 1.54) is 18.4 Å². The van der Waals surface area contributed by atoms with E-state index in [-0.39, 0.29) is 18.3 Å². The van der Waals surface area contributed by atoms with Crippen molar-refractivity contribution in [2.24, 2.45) is 11.8 Å². The summed E-state index contributed by atoms with van der Waals surface area (Å²) in [5.41, 5.74) is 1.28. The predicted octanol–water partition coefficient (Wildman–Crippen LogP) is 2.90. The number of nitrogens with zero attached hydrogens (tertiary/aromatic N) is 1. The van der Waals surface area contributed by atoms with Crippen molar-refractivity contribution < 1.29 is 9.53 Å². The standard InChI is InChI=1S/C19H28N2O2.ClH/c1-23-18-5-3-2-4-17(18)12-15-8-10-21(11-9-15)19(22)14-20-13-16-6-7-16;/h2-5,15-16,20H,6-14H2,1H3;1H. The van der Waals surface area contributed by atoms with Crippen molar-refractivity contribution in [1.82, 2.24) is 10.2 Å². The molecule has 1 aromatic carbocycles. The zero-order valence-electron chi connectivity index (χ0n) is 14.5. The van der Waals surface area contributed by atoms with Crippen molar-refractivity contribution in [3.8, 4) is 5.75 Å². The molecule has 0 spiro atoms. The maximum absolute atomic E-state index is 12.2. The van der Waals surface area contributed by atoms with Crippen molar-refractivity contribution in [2.75, 3.05) is 33.3 Å². The summed E-state index contributed by atoms with van der Waals surface area (Å²) in [6, 6.07) is 8.26. The molecule has 3 rings (SSSR count). The maximum Gasteiger partial charge on any atom is 0.236 e. The van der Waals surface area contributed by atoms with Gasteiger partial charge >= 0.3 is 0 Å². The molecule has 0 aromatic heterocycles. The highest BCUT2D eigenvalue weighted by Gasteiger charge is 2.24. The molecule has 1 aliphatic heterocycles. The van der Waals surface area contributed by atoms with Gasteiger partial charge in [-0.05, 0) is 62.1 Å². The van der Waals surface area contributed by atoms with Gasteiger partial charge in [0.25, 0.3) is 0 Å². The second-order valence-corrected chi connectivity index (χ2v) is 6.91. The first-order valence-corrected chi connectivity index (χ1v) is 8.86. The number of likely N-dealkylation sites (tertiary alicyclic amines) is 1. The average Bonchev–Trinajstić information content (AvgIpc) is 3.40. The molecule has 0 radical (unpaired) electrons. The molecule has 0 atom stereocenters. The molecule has 1 saturated heterocycles. The van der Waals surface area contributed by atoms with Gasteiger partial charge in [0, 0.05) is 13.1 Å². The summed E-state index contributed by atoms with van der Waals surface area (Å²) in [5.74, 6) is 2.72. The fourth-order valence-corrected chi connectivity index (χ4v) is 3.39. The summed E-state index contributed by atoms with van der Waals surface area (Å²) in [4.78, 5) is 14.2. The zero-order valence-corrected chi connectivity index (χ0v) is 15.3. The number of hydrogen-bond donors (Lipinski definition) is 1. The molecule has 1 heterocycles. The van der Waals surface area contributed by atoms with E-state index in [1.54, 1.807) is 7.11 Å².